The number of benzene rings is 1. The average Bonchev–Trinajstić information content (AvgIpc) is 3.41. The standard InChI is InChI=1S/C14H18N6O.C10H13ClNO6P/c15-14-18-12(17-9-2-3-9)11-13(19-14)20(7-16-11)10-4-1-8(5-10)6-21;1-7(10(13)18-19(14,15)16)12-17-6-8-2-4-9(11)5-3-8/h1,4,7-10,21H,2-3,5-6H2,(H3,15,17,18,19);2-5,7,12H,6H2,1H3,(H2,14,15,16)/t8-,10+;7-/m10/s1. The molecule has 0 aliphatic heterocycles. The zero-order chi connectivity index (χ0) is 28.9. The zero-order valence-electron chi connectivity index (χ0n) is 21.6. The molecule has 0 unspecified atom stereocenters. The number of halogens is 1. The van der Waals surface area contributed by atoms with Gasteiger partial charge < -0.3 is 25.2 Å². The minimum Gasteiger partial charge on any atom is -0.396 e. The van der Waals surface area contributed by atoms with Crippen molar-refractivity contribution in [2.24, 2.45) is 5.92 Å². The van der Waals surface area contributed by atoms with Gasteiger partial charge in [0.15, 0.2) is 17.0 Å². The fraction of sp³-hybridized carbons (Fsp3) is 0.417. The first-order valence-corrected chi connectivity index (χ1v) is 14.4. The average molecular weight is 596 g/mol. The number of imidazole rings is 1. The molecule has 0 spiro atoms. The summed E-state index contributed by atoms with van der Waals surface area (Å²) in [6.07, 6.45) is 9.10. The summed E-state index contributed by atoms with van der Waals surface area (Å²) >= 11 is 5.71. The largest absolute Gasteiger partial charge is 0.527 e. The van der Waals surface area contributed by atoms with E-state index in [4.69, 9.17) is 32.0 Å². The van der Waals surface area contributed by atoms with Gasteiger partial charge in [0.1, 0.15) is 6.04 Å². The van der Waals surface area contributed by atoms with E-state index in [1.165, 1.54) is 6.92 Å². The number of rotatable bonds is 10. The van der Waals surface area contributed by atoms with E-state index in [0.717, 1.165) is 41.8 Å². The third-order valence-corrected chi connectivity index (χ3v) is 6.74. The quantitative estimate of drug-likeness (QED) is 0.113. The summed E-state index contributed by atoms with van der Waals surface area (Å²) in [5.74, 6) is 0.0765. The van der Waals surface area contributed by atoms with Gasteiger partial charge in [-0.2, -0.15) is 15.4 Å². The molecule has 1 saturated carbocycles. The number of carbonyl (C=O) groups excluding carboxylic acids is 1. The zero-order valence-corrected chi connectivity index (χ0v) is 23.2. The Morgan fingerprint density at radius 1 is 1.25 bits per heavy atom. The van der Waals surface area contributed by atoms with Crippen molar-refractivity contribution in [3.05, 3.63) is 53.3 Å². The number of aromatic nitrogens is 4. The third-order valence-electron chi connectivity index (χ3n) is 6.07. The minimum atomic E-state index is -4.83. The lowest BCUT2D eigenvalue weighted by atomic mass is 10.1. The number of hydrogen-bond donors (Lipinski definition) is 6. The van der Waals surface area contributed by atoms with E-state index in [1.54, 1.807) is 30.6 Å². The Balaban J connectivity index is 0.000000186. The van der Waals surface area contributed by atoms with Crippen molar-refractivity contribution >= 4 is 48.3 Å². The number of hydrogen-bond acceptors (Lipinski definition) is 11. The van der Waals surface area contributed by atoms with Crippen molar-refractivity contribution in [2.45, 2.75) is 50.9 Å². The molecule has 0 radical (unpaired) electrons. The van der Waals surface area contributed by atoms with Crippen LogP contribution in [0.3, 0.4) is 0 Å². The highest BCUT2D eigenvalue weighted by Crippen LogP contribution is 2.36. The number of aliphatic hydroxyl groups is 1. The van der Waals surface area contributed by atoms with Crippen molar-refractivity contribution in [3.8, 4) is 0 Å². The lowest BCUT2D eigenvalue weighted by Crippen LogP contribution is -2.34. The molecule has 14 nitrogen and oxygen atoms in total. The first-order chi connectivity index (χ1) is 19.0. The Morgan fingerprint density at radius 3 is 2.60 bits per heavy atom. The van der Waals surface area contributed by atoms with Crippen molar-refractivity contribution in [2.75, 3.05) is 17.7 Å². The Morgan fingerprint density at radius 2 is 1.98 bits per heavy atom. The molecule has 1 aromatic carbocycles. The molecule has 2 aliphatic rings. The highest BCUT2D eigenvalue weighted by molar-refractivity contribution is 7.46. The Kier molecular flexibility index (Phi) is 9.74. The maximum Gasteiger partial charge on any atom is 0.527 e. The number of phosphoric acid groups is 1. The molecule has 7 N–H and O–H groups in total. The van der Waals surface area contributed by atoms with Crippen LogP contribution in [0.1, 0.15) is 37.8 Å². The van der Waals surface area contributed by atoms with Crippen LogP contribution in [0.15, 0.2) is 42.7 Å². The van der Waals surface area contributed by atoms with Crippen LogP contribution >= 0.6 is 19.4 Å². The van der Waals surface area contributed by atoms with Gasteiger partial charge in [0.2, 0.25) is 5.95 Å². The van der Waals surface area contributed by atoms with E-state index in [9.17, 15) is 14.5 Å². The van der Waals surface area contributed by atoms with Gasteiger partial charge in [0, 0.05) is 23.6 Å². The molecular weight excluding hydrogens is 565 g/mol. The van der Waals surface area contributed by atoms with Crippen molar-refractivity contribution in [1.29, 1.82) is 0 Å². The number of carbonyl (C=O) groups is 1. The van der Waals surface area contributed by atoms with Crippen LogP contribution in [0.5, 0.6) is 0 Å². The minimum absolute atomic E-state index is 0.157. The van der Waals surface area contributed by atoms with Crippen molar-refractivity contribution in [3.63, 3.8) is 0 Å². The predicted octanol–water partition coefficient (Wildman–Crippen LogP) is 2.48. The van der Waals surface area contributed by atoms with Gasteiger partial charge in [0.05, 0.1) is 19.0 Å². The Labute approximate surface area is 234 Å². The molecule has 2 aromatic heterocycles. The number of nitrogens with zero attached hydrogens (tertiary/aromatic N) is 4. The highest BCUT2D eigenvalue weighted by atomic mass is 35.5. The highest BCUT2D eigenvalue weighted by Gasteiger charge is 2.27. The van der Waals surface area contributed by atoms with E-state index >= 15 is 0 Å². The van der Waals surface area contributed by atoms with Gasteiger partial charge >= 0.3 is 13.8 Å². The first-order valence-electron chi connectivity index (χ1n) is 12.5. The van der Waals surface area contributed by atoms with Crippen molar-refractivity contribution < 1.29 is 33.6 Å². The molecule has 0 saturated heterocycles. The molecule has 0 bridgehead atoms. The van der Waals surface area contributed by atoms with Gasteiger partial charge in [-0.25, -0.2) is 14.3 Å². The number of nitrogens with one attached hydrogen (secondary N) is 2. The summed E-state index contributed by atoms with van der Waals surface area (Å²) in [7, 11) is -4.83. The topological polar surface area (TPSA) is 207 Å². The van der Waals surface area contributed by atoms with Gasteiger partial charge in [-0.05, 0) is 43.9 Å². The number of nitrogen functional groups attached to an aromatic ring is 1. The van der Waals surface area contributed by atoms with Crippen LogP contribution in [-0.2, 0) is 25.3 Å². The van der Waals surface area contributed by atoms with Crippen molar-refractivity contribution in [1.82, 2.24) is 25.0 Å². The number of phosphoric ester groups is 1. The molecule has 216 valence electrons. The number of anilines is 2. The normalized spacial score (nSPS) is 19.2. The van der Waals surface area contributed by atoms with E-state index in [1.807, 2.05) is 10.6 Å². The molecule has 3 atom stereocenters. The van der Waals surface area contributed by atoms with Gasteiger partial charge in [-0.1, -0.05) is 35.9 Å². The second-order valence-corrected chi connectivity index (χ2v) is 11.1. The fourth-order valence-corrected chi connectivity index (χ4v) is 4.39. The number of allylic oxidation sites excluding steroid dienone is 1. The summed E-state index contributed by atoms with van der Waals surface area (Å²) in [6, 6.07) is 6.48. The molecule has 2 aliphatic carbocycles. The lowest BCUT2D eigenvalue weighted by Gasteiger charge is -2.13. The molecule has 3 aromatic rings. The van der Waals surface area contributed by atoms with Crippen LogP contribution in [0.4, 0.5) is 11.8 Å². The summed E-state index contributed by atoms with van der Waals surface area (Å²) in [6.45, 7) is 1.68. The summed E-state index contributed by atoms with van der Waals surface area (Å²) in [4.78, 5) is 46.2. The monoisotopic (exact) mass is 595 g/mol. The van der Waals surface area contributed by atoms with Crippen LogP contribution in [-0.4, -0.2) is 59.1 Å². The Hall–Kier alpha value is -3.10. The summed E-state index contributed by atoms with van der Waals surface area (Å²) in [5.41, 5.74) is 10.5. The molecule has 5 rings (SSSR count). The Bertz CT molecular complexity index is 1390. The molecule has 16 heteroatoms. The van der Waals surface area contributed by atoms with Gasteiger partial charge in [-0.15, -0.1) is 0 Å². The number of fused-ring (bicyclic) bond motifs is 1. The molecular formula is C24H31ClN7O7P. The summed E-state index contributed by atoms with van der Waals surface area (Å²) in [5, 5.41) is 13.2. The third kappa shape index (κ3) is 8.45. The number of nitrogens with two attached hydrogens (primary N) is 1. The molecule has 40 heavy (non-hydrogen) atoms. The number of hydroxylamine groups is 1. The second kappa shape index (κ2) is 13.0. The SMILES string of the molecule is C[C@H](NOCc1ccc(Cl)cc1)C(=O)OP(=O)(O)O.Nc1nc(NC2CC2)c2ncn([C@H]3C=C[C@@H](CO)C3)c2n1. The molecule has 1 fully saturated rings. The van der Waals surface area contributed by atoms with Crippen LogP contribution < -0.4 is 16.5 Å². The van der Waals surface area contributed by atoms with Crippen LogP contribution in [0, 0.1) is 5.92 Å². The molecule has 2 heterocycles. The van der Waals surface area contributed by atoms with E-state index in [2.05, 4.69) is 36.3 Å². The van der Waals surface area contributed by atoms with Crippen LogP contribution in [0.25, 0.3) is 11.2 Å². The summed E-state index contributed by atoms with van der Waals surface area (Å²) < 4.78 is 16.3. The second-order valence-electron chi connectivity index (χ2n) is 9.46. The molecule has 0 amide bonds. The fourth-order valence-electron chi connectivity index (χ4n) is 3.87. The van der Waals surface area contributed by atoms with E-state index in [-0.39, 0.29) is 31.1 Å². The number of aliphatic hydroxyl groups excluding tert-OH is 1. The van der Waals surface area contributed by atoms with Crippen LogP contribution in [0.2, 0.25) is 5.02 Å². The van der Waals surface area contributed by atoms with E-state index in [0.29, 0.717) is 11.1 Å². The van der Waals surface area contributed by atoms with Gasteiger partial charge in [-0.3, -0.25) is 14.6 Å². The first kappa shape index (κ1) is 29.9. The van der Waals surface area contributed by atoms with Gasteiger partial charge in [0.25, 0.3) is 0 Å². The maximum absolute atomic E-state index is 11.2. The predicted molar refractivity (Wildman–Crippen MR) is 147 cm³/mol. The maximum atomic E-state index is 11.2. The lowest BCUT2D eigenvalue weighted by molar-refractivity contribution is -0.142. The smallest absolute Gasteiger partial charge is 0.396 e. The van der Waals surface area contributed by atoms with E-state index < -0.39 is 19.8 Å².